The maximum atomic E-state index is 5.54. The van der Waals surface area contributed by atoms with Gasteiger partial charge in [0.25, 0.3) is 0 Å². The zero-order valence-corrected chi connectivity index (χ0v) is 10.6. The van der Waals surface area contributed by atoms with Crippen molar-refractivity contribution in [1.29, 1.82) is 0 Å². The van der Waals surface area contributed by atoms with Crippen LogP contribution in [0.5, 0.6) is 0 Å². The van der Waals surface area contributed by atoms with E-state index in [9.17, 15) is 0 Å². The highest BCUT2D eigenvalue weighted by atomic mass is 16.5. The van der Waals surface area contributed by atoms with Crippen molar-refractivity contribution in [3.63, 3.8) is 0 Å². The quantitative estimate of drug-likeness (QED) is 0.503. The lowest BCUT2D eigenvalue weighted by molar-refractivity contribution is 0.0934. The second kappa shape index (κ2) is 8.74. The Morgan fingerprint density at radius 1 is 1.50 bits per heavy atom. The normalized spacial score (nSPS) is 22.2. The van der Waals surface area contributed by atoms with Crippen LogP contribution in [0, 0.1) is 0 Å². The maximum absolute atomic E-state index is 5.54. The molecule has 0 spiro atoms. The Morgan fingerprint density at radius 3 is 3.12 bits per heavy atom. The van der Waals surface area contributed by atoms with Gasteiger partial charge in [-0.3, -0.25) is 4.90 Å². The van der Waals surface area contributed by atoms with Gasteiger partial charge in [0.15, 0.2) is 0 Å². The second-order valence-electron chi connectivity index (χ2n) is 4.43. The number of nitrogens with zero attached hydrogens (tertiary/aromatic N) is 1. The second-order valence-corrected chi connectivity index (χ2v) is 4.43. The number of hydrogen-bond acceptors (Lipinski definition) is 3. The number of ether oxygens (including phenoxy) is 1. The summed E-state index contributed by atoms with van der Waals surface area (Å²) in [6.07, 6.45) is 5.41. The first-order chi connectivity index (χ1) is 7.86. The summed E-state index contributed by atoms with van der Waals surface area (Å²) >= 11 is 0. The van der Waals surface area contributed by atoms with Gasteiger partial charge in [0, 0.05) is 32.2 Å². The highest BCUT2D eigenvalue weighted by Crippen LogP contribution is 2.04. The van der Waals surface area contributed by atoms with Gasteiger partial charge < -0.3 is 10.1 Å². The lowest BCUT2D eigenvalue weighted by atomic mass is 10.1. The molecule has 0 radical (unpaired) electrons. The van der Waals surface area contributed by atoms with Crippen LogP contribution in [0.1, 0.15) is 26.2 Å². The zero-order valence-electron chi connectivity index (χ0n) is 10.6. The van der Waals surface area contributed by atoms with Crippen molar-refractivity contribution in [3.05, 3.63) is 12.7 Å². The third-order valence-corrected chi connectivity index (χ3v) is 2.99. The minimum absolute atomic E-state index is 0.687. The predicted molar refractivity (Wildman–Crippen MR) is 68.8 cm³/mol. The fraction of sp³-hybridized carbons (Fsp3) is 0.846. The topological polar surface area (TPSA) is 24.5 Å². The number of piperazine rings is 1. The van der Waals surface area contributed by atoms with Gasteiger partial charge in [-0.25, -0.2) is 0 Å². The van der Waals surface area contributed by atoms with Crippen molar-refractivity contribution < 1.29 is 4.74 Å². The van der Waals surface area contributed by atoms with E-state index >= 15 is 0 Å². The van der Waals surface area contributed by atoms with E-state index in [0.29, 0.717) is 6.04 Å². The number of rotatable bonds is 8. The third kappa shape index (κ3) is 5.64. The summed E-state index contributed by atoms with van der Waals surface area (Å²) in [5.74, 6) is 0. The van der Waals surface area contributed by atoms with Gasteiger partial charge in [-0.05, 0) is 12.8 Å². The number of nitrogens with one attached hydrogen (secondary N) is 1. The molecule has 3 heteroatoms. The summed E-state index contributed by atoms with van der Waals surface area (Å²) in [4.78, 5) is 2.50. The van der Waals surface area contributed by atoms with Gasteiger partial charge in [-0.1, -0.05) is 19.4 Å². The molecule has 1 rings (SSSR count). The molecule has 1 aliphatic rings. The SMILES string of the molecule is C=CCCOCCN1CCNC(CCC)C1. The summed E-state index contributed by atoms with van der Waals surface area (Å²) in [5, 5.41) is 3.56. The van der Waals surface area contributed by atoms with Gasteiger partial charge in [-0.15, -0.1) is 6.58 Å². The largest absolute Gasteiger partial charge is 0.380 e. The average molecular weight is 226 g/mol. The monoisotopic (exact) mass is 226 g/mol. The smallest absolute Gasteiger partial charge is 0.0593 e. The fourth-order valence-corrected chi connectivity index (χ4v) is 2.10. The van der Waals surface area contributed by atoms with Gasteiger partial charge in [-0.2, -0.15) is 0 Å². The lowest BCUT2D eigenvalue weighted by Gasteiger charge is -2.33. The first-order valence-electron chi connectivity index (χ1n) is 6.51. The van der Waals surface area contributed by atoms with Crippen LogP contribution in [0.15, 0.2) is 12.7 Å². The molecule has 94 valence electrons. The molecule has 1 fully saturated rings. The van der Waals surface area contributed by atoms with Gasteiger partial charge in [0.1, 0.15) is 0 Å². The molecule has 1 N–H and O–H groups in total. The van der Waals surface area contributed by atoms with Crippen molar-refractivity contribution in [1.82, 2.24) is 10.2 Å². The summed E-state index contributed by atoms with van der Waals surface area (Å²) < 4.78 is 5.54. The van der Waals surface area contributed by atoms with Gasteiger partial charge in [0.05, 0.1) is 13.2 Å². The van der Waals surface area contributed by atoms with Gasteiger partial charge >= 0.3 is 0 Å². The molecule has 0 aromatic heterocycles. The van der Waals surface area contributed by atoms with Gasteiger partial charge in [0.2, 0.25) is 0 Å². The first kappa shape index (κ1) is 13.7. The summed E-state index contributed by atoms with van der Waals surface area (Å²) in [6.45, 7) is 12.1. The highest BCUT2D eigenvalue weighted by Gasteiger charge is 2.17. The molecular formula is C13H26N2O. The zero-order chi connectivity index (χ0) is 11.6. The van der Waals surface area contributed by atoms with Crippen LogP contribution in [0.25, 0.3) is 0 Å². The van der Waals surface area contributed by atoms with Crippen LogP contribution in [0.3, 0.4) is 0 Å². The molecule has 0 aromatic rings. The first-order valence-corrected chi connectivity index (χ1v) is 6.51. The summed E-state index contributed by atoms with van der Waals surface area (Å²) in [7, 11) is 0. The molecule has 0 bridgehead atoms. The lowest BCUT2D eigenvalue weighted by Crippen LogP contribution is -2.51. The van der Waals surface area contributed by atoms with Crippen molar-refractivity contribution in [2.75, 3.05) is 39.4 Å². The van der Waals surface area contributed by atoms with E-state index in [0.717, 1.165) is 39.3 Å². The standard InChI is InChI=1S/C13H26N2O/c1-3-5-10-16-11-9-15-8-7-14-13(12-15)6-4-2/h3,13-14H,1,4-12H2,2H3. The Kier molecular flexibility index (Phi) is 7.47. The average Bonchev–Trinajstić information content (AvgIpc) is 2.30. The molecular weight excluding hydrogens is 200 g/mol. The molecule has 0 amide bonds. The molecule has 16 heavy (non-hydrogen) atoms. The van der Waals surface area contributed by atoms with Crippen LogP contribution in [0.4, 0.5) is 0 Å². The minimum atomic E-state index is 0.687. The molecule has 1 heterocycles. The Labute approximate surface area is 99.8 Å². The van der Waals surface area contributed by atoms with Crippen LogP contribution in [-0.2, 0) is 4.74 Å². The van der Waals surface area contributed by atoms with Crippen LogP contribution < -0.4 is 5.32 Å². The summed E-state index contributed by atoms with van der Waals surface area (Å²) in [5.41, 5.74) is 0. The highest BCUT2D eigenvalue weighted by molar-refractivity contribution is 4.77. The predicted octanol–water partition coefficient (Wildman–Crippen LogP) is 1.65. The van der Waals surface area contributed by atoms with Crippen molar-refractivity contribution in [2.45, 2.75) is 32.2 Å². The van der Waals surface area contributed by atoms with E-state index in [4.69, 9.17) is 4.74 Å². The van der Waals surface area contributed by atoms with E-state index in [1.54, 1.807) is 0 Å². The maximum Gasteiger partial charge on any atom is 0.0593 e. The van der Waals surface area contributed by atoms with Crippen molar-refractivity contribution >= 4 is 0 Å². The Balaban J connectivity index is 2.04. The Bertz CT molecular complexity index is 183. The van der Waals surface area contributed by atoms with Crippen LogP contribution in [0.2, 0.25) is 0 Å². The van der Waals surface area contributed by atoms with E-state index in [2.05, 4.69) is 23.7 Å². The van der Waals surface area contributed by atoms with Crippen LogP contribution in [-0.4, -0.2) is 50.3 Å². The van der Waals surface area contributed by atoms with Crippen molar-refractivity contribution in [2.24, 2.45) is 0 Å². The van der Waals surface area contributed by atoms with E-state index in [1.165, 1.54) is 19.4 Å². The molecule has 1 aliphatic heterocycles. The molecule has 0 saturated carbocycles. The Hall–Kier alpha value is -0.380. The van der Waals surface area contributed by atoms with Crippen LogP contribution >= 0.6 is 0 Å². The fourth-order valence-electron chi connectivity index (χ4n) is 2.10. The van der Waals surface area contributed by atoms with Crippen molar-refractivity contribution in [3.8, 4) is 0 Å². The third-order valence-electron chi connectivity index (χ3n) is 2.99. The Morgan fingerprint density at radius 2 is 2.38 bits per heavy atom. The molecule has 3 nitrogen and oxygen atoms in total. The molecule has 1 atom stereocenters. The van der Waals surface area contributed by atoms with E-state index in [1.807, 2.05) is 6.08 Å². The van der Waals surface area contributed by atoms with E-state index in [-0.39, 0.29) is 0 Å². The van der Waals surface area contributed by atoms with E-state index < -0.39 is 0 Å². The molecule has 0 aliphatic carbocycles. The molecule has 0 aromatic carbocycles. The number of hydrogen-bond donors (Lipinski definition) is 1. The minimum Gasteiger partial charge on any atom is -0.380 e. The molecule has 1 saturated heterocycles. The molecule has 1 unspecified atom stereocenters. The summed E-state index contributed by atoms with van der Waals surface area (Å²) in [6, 6.07) is 0.687.